The predicted molar refractivity (Wildman–Crippen MR) is 97.8 cm³/mol. The molecule has 158 valence electrons. The molecule has 0 heterocycles. The van der Waals surface area contributed by atoms with E-state index in [1.807, 2.05) is 4.72 Å². The van der Waals surface area contributed by atoms with Gasteiger partial charge in [-0.15, -0.1) is 0 Å². The van der Waals surface area contributed by atoms with Crippen LogP contribution in [0.5, 0.6) is 0 Å². The van der Waals surface area contributed by atoms with Crippen LogP contribution in [-0.2, 0) is 38.9 Å². The second kappa shape index (κ2) is 9.23. The molecule has 0 aliphatic rings. The van der Waals surface area contributed by atoms with Gasteiger partial charge in [0.1, 0.15) is 12.4 Å². The Hall–Kier alpha value is -2.66. The molecule has 0 saturated heterocycles. The highest BCUT2D eigenvalue weighted by atomic mass is 32.2. The molecule has 2 aromatic rings. The van der Waals surface area contributed by atoms with Crippen molar-refractivity contribution in [2.75, 3.05) is 17.6 Å². The van der Waals surface area contributed by atoms with Crippen molar-refractivity contribution in [3.8, 4) is 0 Å². The van der Waals surface area contributed by atoms with Gasteiger partial charge in [0.05, 0.1) is 24.1 Å². The predicted octanol–water partition coefficient (Wildman–Crippen LogP) is 3.05. The number of carbonyl (C=O) groups excluding carboxylic acids is 1. The number of nitrogens with one attached hydrogen (secondary N) is 2. The normalized spacial score (nSPS) is 11.9. The molecule has 11 heteroatoms. The third kappa shape index (κ3) is 7.70. The van der Waals surface area contributed by atoms with E-state index in [1.54, 1.807) is 0 Å². The molecule has 0 spiro atoms. The molecule has 2 N–H and O–H groups in total. The van der Waals surface area contributed by atoms with E-state index in [0.717, 1.165) is 24.5 Å². The summed E-state index contributed by atoms with van der Waals surface area (Å²) in [6.07, 6.45) is -3.57. The average molecular weight is 434 g/mol. The number of rotatable bonds is 8. The molecule has 0 aromatic heterocycles. The Labute approximate surface area is 164 Å². The third-order valence-corrected chi connectivity index (χ3v) is 4.17. The van der Waals surface area contributed by atoms with Crippen LogP contribution in [0.4, 0.5) is 23.2 Å². The molecule has 0 aliphatic carbocycles. The van der Waals surface area contributed by atoms with Crippen LogP contribution in [0.3, 0.4) is 0 Å². The minimum atomic E-state index is -4.46. The van der Waals surface area contributed by atoms with E-state index in [4.69, 9.17) is 4.74 Å². The zero-order chi connectivity index (χ0) is 21.7. The van der Waals surface area contributed by atoms with Gasteiger partial charge in [0.25, 0.3) is 0 Å². The van der Waals surface area contributed by atoms with Crippen molar-refractivity contribution >= 4 is 21.6 Å². The standard InChI is InChI=1S/C18H18F4N2O4S/c1-29(26,27)24-16-6-5-12(8-15(16)19)9-23-17(25)11-28-10-13-3-2-4-14(7-13)18(20,21)22/h2-8,24H,9-11H2,1H3,(H,23,25). The van der Waals surface area contributed by atoms with E-state index in [1.165, 1.54) is 24.3 Å². The fourth-order valence-electron chi connectivity index (χ4n) is 2.30. The maximum atomic E-state index is 13.9. The molecule has 2 rings (SSSR count). The van der Waals surface area contributed by atoms with E-state index >= 15 is 0 Å². The maximum Gasteiger partial charge on any atom is 0.416 e. The van der Waals surface area contributed by atoms with Gasteiger partial charge in [0.15, 0.2) is 0 Å². The average Bonchev–Trinajstić information content (AvgIpc) is 2.60. The van der Waals surface area contributed by atoms with Crippen LogP contribution >= 0.6 is 0 Å². The molecule has 1 amide bonds. The Bertz CT molecular complexity index is 978. The highest BCUT2D eigenvalue weighted by molar-refractivity contribution is 7.92. The summed E-state index contributed by atoms with van der Waals surface area (Å²) >= 11 is 0. The first kappa shape index (κ1) is 22.6. The van der Waals surface area contributed by atoms with Gasteiger partial charge in [0, 0.05) is 6.54 Å². The first-order chi connectivity index (χ1) is 13.4. The molecule has 0 fully saturated rings. The Balaban J connectivity index is 1.81. The van der Waals surface area contributed by atoms with Gasteiger partial charge >= 0.3 is 6.18 Å². The quantitative estimate of drug-likeness (QED) is 0.626. The fourth-order valence-corrected chi connectivity index (χ4v) is 2.87. The number of hydrogen-bond donors (Lipinski definition) is 2. The summed E-state index contributed by atoms with van der Waals surface area (Å²) in [5.41, 5.74) is -0.373. The lowest BCUT2D eigenvalue weighted by atomic mass is 10.1. The summed E-state index contributed by atoms with van der Waals surface area (Å²) in [4.78, 5) is 11.8. The number of ether oxygens (including phenoxy) is 1. The maximum absolute atomic E-state index is 13.9. The number of halogens is 4. The molecule has 2 aromatic carbocycles. The summed E-state index contributed by atoms with van der Waals surface area (Å²) in [7, 11) is -3.62. The zero-order valence-electron chi connectivity index (χ0n) is 15.2. The van der Waals surface area contributed by atoms with Crippen molar-refractivity contribution in [1.29, 1.82) is 0 Å². The van der Waals surface area contributed by atoms with Gasteiger partial charge < -0.3 is 10.1 Å². The number of hydrogen-bond acceptors (Lipinski definition) is 4. The number of amides is 1. The highest BCUT2D eigenvalue weighted by Gasteiger charge is 2.30. The van der Waals surface area contributed by atoms with E-state index in [0.29, 0.717) is 5.56 Å². The molecular weight excluding hydrogens is 416 g/mol. The van der Waals surface area contributed by atoms with Gasteiger partial charge in [-0.25, -0.2) is 12.8 Å². The molecule has 0 bridgehead atoms. The minimum Gasteiger partial charge on any atom is -0.367 e. The number of benzene rings is 2. The van der Waals surface area contributed by atoms with Gasteiger partial charge in [-0.2, -0.15) is 13.2 Å². The monoisotopic (exact) mass is 434 g/mol. The first-order valence-corrected chi connectivity index (χ1v) is 10.1. The number of alkyl halides is 3. The van der Waals surface area contributed by atoms with E-state index in [2.05, 4.69) is 5.32 Å². The van der Waals surface area contributed by atoms with E-state index in [9.17, 15) is 30.8 Å². The Morgan fingerprint density at radius 3 is 2.45 bits per heavy atom. The van der Waals surface area contributed by atoms with E-state index in [-0.39, 0.29) is 24.4 Å². The second-order valence-corrected chi connectivity index (χ2v) is 7.90. The summed E-state index contributed by atoms with van der Waals surface area (Å²) in [5.74, 6) is -1.35. The van der Waals surface area contributed by atoms with Crippen molar-refractivity contribution in [2.24, 2.45) is 0 Å². The smallest absolute Gasteiger partial charge is 0.367 e. The van der Waals surface area contributed by atoms with Crippen LogP contribution < -0.4 is 10.0 Å². The lowest BCUT2D eigenvalue weighted by molar-refractivity contribution is -0.137. The van der Waals surface area contributed by atoms with Crippen LogP contribution in [0.1, 0.15) is 16.7 Å². The minimum absolute atomic E-state index is 0.0399. The summed E-state index contributed by atoms with van der Waals surface area (Å²) in [6, 6.07) is 8.29. The molecule has 0 unspecified atom stereocenters. The molecule has 0 saturated carbocycles. The number of anilines is 1. The lowest BCUT2D eigenvalue weighted by Crippen LogP contribution is -2.27. The van der Waals surface area contributed by atoms with Gasteiger partial charge in [-0.1, -0.05) is 18.2 Å². The summed E-state index contributed by atoms with van der Waals surface area (Å²) < 4.78 is 81.2. The van der Waals surface area contributed by atoms with Crippen LogP contribution in [0.25, 0.3) is 0 Å². The third-order valence-electron chi connectivity index (χ3n) is 3.57. The largest absolute Gasteiger partial charge is 0.416 e. The van der Waals surface area contributed by atoms with Crippen molar-refractivity contribution in [2.45, 2.75) is 19.3 Å². The zero-order valence-corrected chi connectivity index (χ0v) is 16.0. The van der Waals surface area contributed by atoms with E-state index < -0.39 is 40.1 Å². The first-order valence-electron chi connectivity index (χ1n) is 8.21. The van der Waals surface area contributed by atoms with Gasteiger partial charge in [-0.3, -0.25) is 9.52 Å². The Morgan fingerprint density at radius 1 is 1.10 bits per heavy atom. The topological polar surface area (TPSA) is 84.5 Å². The second-order valence-electron chi connectivity index (χ2n) is 6.16. The summed E-state index contributed by atoms with van der Waals surface area (Å²) in [5, 5.41) is 2.47. The molecule has 0 radical (unpaired) electrons. The number of carbonyl (C=O) groups is 1. The SMILES string of the molecule is CS(=O)(=O)Nc1ccc(CNC(=O)COCc2cccc(C(F)(F)F)c2)cc1F. The van der Waals surface area contributed by atoms with Gasteiger partial charge in [0.2, 0.25) is 15.9 Å². The molecule has 29 heavy (non-hydrogen) atoms. The highest BCUT2D eigenvalue weighted by Crippen LogP contribution is 2.29. The fraction of sp³-hybridized carbons (Fsp3) is 0.278. The molecule has 0 atom stereocenters. The summed E-state index contributed by atoms with van der Waals surface area (Å²) in [6.45, 7) is -0.619. The number of sulfonamides is 1. The Morgan fingerprint density at radius 2 is 1.83 bits per heavy atom. The van der Waals surface area contributed by atoms with Crippen molar-refractivity contribution in [3.63, 3.8) is 0 Å². The molecule has 0 aliphatic heterocycles. The van der Waals surface area contributed by atoms with Gasteiger partial charge in [-0.05, 0) is 35.4 Å². The van der Waals surface area contributed by atoms with Crippen molar-refractivity contribution < 1.29 is 35.5 Å². The lowest BCUT2D eigenvalue weighted by Gasteiger charge is -2.10. The molecular formula is C18H18F4N2O4S. The van der Waals surface area contributed by atoms with Crippen molar-refractivity contribution in [1.82, 2.24) is 5.32 Å². The Kier molecular flexibility index (Phi) is 7.20. The van der Waals surface area contributed by atoms with Crippen molar-refractivity contribution in [3.05, 3.63) is 65.0 Å². The molecule has 6 nitrogen and oxygen atoms in total. The van der Waals surface area contributed by atoms with Crippen LogP contribution in [0.15, 0.2) is 42.5 Å². The van der Waals surface area contributed by atoms with Crippen LogP contribution in [0.2, 0.25) is 0 Å². The van der Waals surface area contributed by atoms with Crippen LogP contribution in [-0.4, -0.2) is 27.2 Å². The van der Waals surface area contributed by atoms with Crippen LogP contribution in [0, 0.1) is 5.82 Å².